The molecule has 18 rings (SSSR count). The fourth-order valence-corrected chi connectivity index (χ4v) is 26.1. The number of halogens is 3. The molecule has 0 saturated heterocycles. The number of amides is 9. The van der Waals surface area contributed by atoms with Crippen LogP contribution in [0.2, 0.25) is 10.0 Å². The monoisotopic (exact) mass is 2280 g/mol. The molecule has 0 radical (unpaired) electrons. The molecule has 5 aliphatic rings. The molecule has 13 heterocycles. The van der Waals surface area contributed by atoms with Crippen molar-refractivity contribution in [1.82, 2.24) is 54.8 Å². The Bertz CT molecular complexity index is 6630. The summed E-state index contributed by atoms with van der Waals surface area (Å²) >= 11 is 14.5. The van der Waals surface area contributed by atoms with Crippen molar-refractivity contribution in [1.29, 1.82) is 0 Å². The molecule has 9 amide bonds. The van der Waals surface area contributed by atoms with Crippen LogP contribution < -0.4 is 47.9 Å². The number of anilines is 5. The summed E-state index contributed by atoms with van der Waals surface area (Å²) < 4.78 is 17.2. The van der Waals surface area contributed by atoms with E-state index < -0.39 is 5.97 Å². The van der Waals surface area contributed by atoms with Crippen LogP contribution in [-0.2, 0) is 43.6 Å². The second kappa shape index (κ2) is 46.1. The van der Waals surface area contributed by atoms with Crippen LogP contribution in [0.1, 0.15) is 157 Å². The number of carbonyl (C=O) groups is 10. The average molecular weight is 2280 g/mol. The third-order valence-corrected chi connectivity index (χ3v) is 33.6. The van der Waals surface area contributed by atoms with E-state index >= 15 is 0 Å². The van der Waals surface area contributed by atoms with E-state index in [1.165, 1.54) is 0 Å². The van der Waals surface area contributed by atoms with Crippen molar-refractivity contribution in [2.75, 3.05) is 72.4 Å². The number of imidazole rings is 3. The SMILES string of the molecule is CCN(CC)CCNC(=O)c1cc(/C=C2\C(=O)Nc3ccc(Cl)cc32)[se]c1C.Cc1[se]c(/C=C2\C(=O)Nc3ccc(Cl)cc32)cc1C(=O)NCCCn1ccnc1.Cc1[se]c(/C=C2\C(=O)Nc3ccc(I)cc32)cc1C(=O)NCCCn1ccnc1.Cc1[se]c(/C=C2\C(=O)Nc3ccccc32)cc1C(=O)NCCCn1ccnc1.Cc1[se]c(/C=C2\C(=O)Nc3ccccc32)cc1C(=O)O. The number of nitrogens with one attached hydrogen (secondary N) is 9. The summed E-state index contributed by atoms with van der Waals surface area (Å²) in [7, 11) is 0. The summed E-state index contributed by atoms with van der Waals surface area (Å²) in [5.74, 6) is -1.70. The van der Waals surface area contributed by atoms with Gasteiger partial charge in [0.25, 0.3) is 0 Å². The van der Waals surface area contributed by atoms with Crippen LogP contribution in [-0.4, -0.2) is 216 Å². The Labute approximate surface area is 827 Å². The van der Waals surface area contributed by atoms with Gasteiger partial charge in [-0.15, -0.1) is 0 Å². The molecule has 134 heavy (non-hydrogen) atoms. The quantitative estimate of drug-likeness (QED) is 0.00990. The number of fused-ring (bicyclic) bond motifs is 5. The van der Waals surface area contributed by atoms with Gasteiger partial charge in [-0.1, -0.05) is 0 Å². The standard InChI is InChI=1S/C21H19ClN4O2Se.C21H24ClN3O2Se.C21H19IN4O2Se.C21H20N4O2Se.C15H11NO3Se/c1-13-16(20(27)24-5-2-7-26-8-6-23-12-26)10-15(29-13)11-18-17-9-14(22)3-4-19(17)25-21(18)28;1-4-25(5-2)9-8-23-20(26)16-11-15(28-13(16)3)12-18-17-10-14(22)6-7-19(17)24-21(18)27;1-13-16(20(27)24-5-2-7-26-8-6-23-12-26)10-15(29-13)11-18-17-9-14(22)3-4-19(17)25-21(18)28;1-14-17(20(26)23-7-4-9-25-10-8-22-13-25)11-15(28-14)12-18-16-5-2-3-6-19(16)24-21(18)27;1-8-11(15(18)19)6-9(20-8)7-12-10-4-2-3-5-13(10)16-14(12)17/h3-4,6,8-12H,2,5,7H2,1H3,(H,24,27)(H,25,28);6-7,10-12H,4-5,8-9H2,1-3H3,(H,23,26)(H,24,27);3-4,6,8-12H,2,5,7H2,1H3,(H,24,27)(H,25,28);2-3,5-6,8,10-13H,4,7,9H2,1H3,(H,23,26)(H,24,27);2-7H,1H3,(H,16,17)(H,18,19)/b18-11-;18-12-;18-11-;18-12-;12-7-. The van der Waals surface area contributed by atoms with E-state index in [-0.39, 0.29) is 126 Å². The number of carbonyl (C=O) groups excluding carboxylic acids is 9. The molecule has 0 fully saturated rings. The Kier molecular flexibility index (Phi) is 33.8. The summed E-state index contributed by atoms with van der Waals surface area (Å²) in [5, 5.41) is 36.6. The fraction of sp³-hybridized carbons (Fsp3) is 0.202. The van der Waals surface area contributed by atoms with Crippen molar-refractivity contribution in [3.05, 3.63) is 303 Å². The number of hydrogen-bond acceptors (Lipinski definition) is 14. The summed E-state index contributed by atoms with van der Waals surface area (Å²) in [6.45, 7) is 21.7. The molecule has 13 aromatic rings. The van der Waals surface area contributed by atoms with Crippen LogP contribution >= 0.6 is 45.8 Å². The maximum atomic E-state index is 12.6. The zero-order valence-electron chi connectivity index (χ0n) is 73.8. The summed E-state index contributed by atoms with van der Waals surface area (Å²) in [6.07, 6.45) is 28.2. The summed E-state index contributed by atoms with van der Waals surface area (Å²) in [5.41, 5.74) is 14.7. The van der Waals surface area contributed by atoms with Gasteiger partial charge in [0.1, 0.15) is 0 Å². The molecule has 0 saturated carbocycles. The van der Waals surface area contributed by atoms with Gasteiger partial charge in [-0.3, -0.25) is 0 Å². The Hall–Kier alpha value is -11.6. The number of likely N-dealkylation sites (N-methyl/N-ethyl adjacent to an activating group) is 1. The van der Waals surface area contributed by atoms with Crippen molar-refractivity contribution in [2.45, 2.75) is 87.4 Å². The Morgan fingerprint density at radius 2 is 0.672 bits per heavy atom. The second-order valence-corrected chi connectivity index (χ2v) is 46.8. The minimum atomic E-state index is -0.908. The molecule has 10 N–H and O–H groups in total. The Morgan fingerprint density at radius 1 is 0.388 bits per heavy atom. The van der Waals surface area contributed by atoms with Gasteiger partial charge < -0.3 is 0 Å². The number of benzene rings is 5. The van der Waals surface area contributed by atoms with E-state index in [0.717, 1.165) is 179 Å². The van der Waals surface area contributed by atoms with Gasteiger partial charge in [-0.05, 0) is 0 Å². The Morgan fingerprint density at radius 3 is 0.978 bits per heavy atom. The third kappa shape index (κ3) is 25.1. The first-order valence-electron chi connectivity index (χ1n) is 42.8. The number of aromatic carboxylic acids is 1. The molecule has 8 aromatic heterocycles. The zero-order valence-corrected chi connectivity index (χ0v) is 86.0. The summed E-state index contributed by atoms with van der Waals surface area (Å²) in [4.78, 5) is 137. The fourth-order valence-electron chi connectivity index (χ4n) is 15.1. The maximum absolute atomic E-state index is 12.6. The number of carboxylic acids is 1. The molecule has 35 heteroatoms. The van der Waals surface area contributed by atoms with E-state index in [9.17, 15) is 47.9 Å². The third-order valence-electron chi connectivity index (χ3n) is 22.0. The van der Waals surface area contributed by atoms with Gasteiger partial charge in [0.05, 0.1) is 0 Å². The van der Waals surface area contributed by atoms with E-state index in [2.05, 4.69) is 104 Å². The van der Waals surface area contributed by atoms with Crippen LogP contribution in [0.5, 0.6) is 0 Å². The van der Waals surface area contributed by atoms with Crippen molar-refractivity contribution in [2.24, 2.45) is 0 Å². The topological polar surface area (TPSA) is 356 Å². The number of hydrogen-bond donors (Lipinski definition) is 10. The van der Waals surface area contributed by atoms with Gasteiger partial charge in [0.15, 0.2) is 0 Å². The molecule has 0 spiro atoms. The molecule has 686 valence electrons. The predicted octanol–water partition coefficient (Wildman–Crippen LogP) is 14.5. The van der Waals surface area contributed by atoms with E-state index in [0.29, 0.717) is 75.2 Å². The number of aromatic nitrogens is 6. The van der Waals surface area contributed by atoms with Gasteiger partial charge in [-0.25, -0.2) is 0 Å². The van der Waals surface area contributed by atoms with Crippen LogP contribution in [0.4, 0.5) is 28.4 Å². The van der Waals surface area contributed by atoms with Crippen molar-refractivity contribution in [3.8, 4) is 0 Å². The number of nitrogens with zero attached hydrogens (tertiary/aromatic N) is 7. The normalized spacial score (nSPS) is 14.4. The van der Waals surface area contributed by atoms with Crippen molar-refractivity contribution < 1.29 is 53.1 Å². The van der Waals surface area contributed by atoms with Crippen LogP contribution in [0, 0.1) is 38.2 Å². The predicted molar refractivity (Wildman–Crippen MR) is 543 cm³/mol. The molecule has 0 bridgehead atoms. The van der Waals surface area contributed by atoms with E-state index in [1.54, 1.807) is 80.0 Å². The number of carboxylic acid groups (broad SMARTS) is 1. The molecule has 27 nitrogen and oxygen atoms in total. The molecule has 5 aromatic carbocycles. The number of para-hydroxylation sites is 2. The van der Waals surface area contributed by atoms with Gasteiger partial charge in [0, 0.05) is 0 Å². The summed E-state index contributed by atoms with van der Waals surface area (Å²) in [6, 6.07) is 41.1. The molecular weight excluding hydrogens is 2180 g/mol. The molecule has 5 aliphatic heterocycles. The van der Waals surface area contributed by atoms with Crippen LogP contribution in [0.25, 0.3) is 58.2 Å². The van der Waals surface area contributed by atoms with Gasteiger partial charge in [-0.2, -0.15) is 0 Å². The first kappa shape index (κ1) is 98.4. The number of aryl methyl sites for hydroxylation is 8. The second-order valence-electron chi connectivity index (χ2n) is 31.1. The number of rotatable bonds is 27. The van der Waals surface area contributed by atoms with Gasteiger partial charge >= 0.3 is 835 Å². The van der Waals surface area contributed by atoms with E-state index in [1.807, 2.05) is 188 Å². The van der Waals surface area contributed by atoms with Crippen LogP contribution in [0.15, 0.2) is 190 Å². The zero-order chi connectivity index (χ0) is 94.8. The Balaban J connectivity index is 0.000000135. The molecule has 0 atom stereocenters. The first-order valence-corrected chi connectivity index (χ1v) is 53.2. The van der Waals surface area contributed by atoms with Gasteiger partial charge in [0.2, 0.25) is 0 Å². The molecular formula is C99H93Cl2IN16O11Se5. The van der Waals surface area contributed by atoms with Crippen molar-refractivity contribution >= 4 is 264 Å². The van der Waals surface area contributed by atoms with E-state index in [4.69, 9.17) is 28.3 Å². The average Bonchev–Trinajstić information content (AvgIpc) is 1.66. The van der Waals surface area contributed by atoms with Crippen LogP contribution in [0.3, 0.4) is 0 Å². The molecule has 0 unspecified atom stereocenters. The van der Waals surface area contributed by atoms with Crippen molar-refractivity contribution in [3.63, 3.8) is 0 Å². The molecule has 0 aliphatic carbocycles. The first-order chi connectivity index (χ1) is 64.6. The minimum absolute atomic E-state index is 0.0120.